The second-order valence-corrected chi connectivity index (χ2v) is 5.80. The van der Waals surface area contributed by atoms with E-state index in [9.17, 15) is 13.6 Å². The fourth-order valence-electron chi connectivity index (χ4n) is 2.88. The number of hydrogen-bond donors (Lipinski definition) is 1. The number of rotatable bonds is 4. The van der Waals surface area contributed by atoms with Crippen LogP contribution >= 0.6 is 0 Å². The average molecular weight is 308 g/mol. The van der Waals surface area contributed by atoms with Gasteiger partial charge in [0.05, 0.1) is 0 Å². The molecule has 1 unspecified atom stereocenters. The third-order valence-corrected chi connectivity index (χ3v) is 4.02. The van der Waals surface area contributed by atoms with Gasteiger partial charge in [-0.25, -0.2) is 8.78 Å². The van der Waals surface area contributed by atoms with E-state index in [1.165, 1.54) is 18.2 Å². The quantitative estimate of drug-likeness (QED) is 0.868. The molecule has 1 atom stereocenters. The number of nitrogens with zero attached hydrogens (tertiary/aromatic N) is 1. The van der Waals surface area contributed by atoms with Gasteiger partial charge in [-0.1, -0.05) is 0 Å². The average Bonchev–Trinajstić information content (AvgIpc) is 2.47. The summed E-state index contributed by atoms with van der Waals surface area (Å²) >= 11 is 0. The second-order valence-electron chi connectivity index (χ2n) is 5.80. The van der Waals surface area contributed by atoms with Crippen LogP contribution in [0.2, 0.25) is 0 Å². The number of halogens is 2. The molecular weight excluding hydrogens is 286 g/mol. The van der Waals surface area contributed by atoms with E-state index in [1.54, 1.807) is 11.8 Å². The fraction of sp³-hybridized carbons (Fsp3) is 0.471. The van der Waals surface area contributed by atoms with Gasteiger partial charge in [0.25, 0.3) is 0 Å². The largest absolute Gasteiger partial charge is 0.339 e. The Balaban J connectivity index is 2.08. The summed E-state index contributed by atoms with van der Waals surface area (Å²) < 4.78 is 26.7. The summed E-state index contributed by atoms with van der Waals surface area (Å²) in [6, 6.07) is 3.40. The highest BCUT2D eigenvalue weighted by Gasteiger charge is 2.22. The van der Waals surface area contributed by atoms with Gasteiger partial charge in [0.1, 0.15) is 11.6 Å². The van der Waals surface area contributed by atoms with Gasteiger partial charge < -0.3 is 10.2 Å². The van der Waals surface area contributed by atoms with Crippen molar-refractivity contribution in [3.8, 4) is 0 Å². The molecule has 22 heavy (non-hydrogen) atoms. The molecule has 1 aromatic carbocycles. The van der Waals surface area contributed by atoms with Crippen LogP contribution in [0.1, 0.15) is 25.3 Å². The monoisotopic (exact) mass is 308 g/mol. The molecule has 3 nitrogen and oxygen atoms in total. The number of hydrogen-bond acceptors (Lipinski definition) is 2. The van der Waals surface area contributed by atoms with E-state index in [2.05, 4.69) is 5.32 Å². The van der Waals surface area contributed by atoms with Gasteiger partial charge in [0.2, 0.25) is 5.91 Å². The number of piperidine rings is 1. The smallest absolute Gasteiger partial charge is 0.246 e. The minimum atomic E-state index is -0.645. The Kier molecular flexibility index (Phi) is 5.66. The standard InChI is InChI=1S/C17H22F2N2O/c1-12(15-6-5-14(18)9-16(15)19)8-17(22)21-7-3-4-13(11-21)10-20-2/h5-6,8-9,13,20H,3-4,7,10-11H2,1-2H3/b12-8+. The summed E-state index contributed by atoms with van der Waals surface area (Å²) in [5.74, 6) is -0.916. The van der Waals surface area contributed by atoms with E-state index in [0.29, 0.717) is 11.5 Å². The summed E-state index contributed by atoms with van der Waals surface area (Å²) in [6.45, 7) is 4.01. The van der Waals surface area contributed by atoms with E-state index in [0.717, 1.165) is 38.5 Å². The minimum Gasteiger partial charge on any atom is -0.339 e. The Morgan fingerprint density at radius 2 is 2.23 bits per heavy atom. The van der Waals surface area contributed by atoms with Crippen LogP contribution in [0.25, 0.3) is 5.57 Å². The Bertz CT molecular complexity index is 570. The van der Waals surface area contributed by atoms with Crippen molar-refractivity contribution < 1.29 is 13.6 Å². The van der Waals surface area contributed by atoms with Gasteiger partial charge in [-0.15, -0.1) is 0 Å². The van der Waals surface area contributed by atoms with E-state index < -0.39 is 11.6 Å². The van der Waals surface area contributed by atoms with Crippen LogP contribution in [0.4, 0.5) is 8.78 Å². The first-order chi connectivity index (χ1) is 10.5. The van der Waals surface area contributed by atoms with Gasteiger partial charge >= 0.3 is 0 Å². The highest BCUT2D eigenvalue weighted by Crippen LogP contribution is 2.21. The van der Waals surface area contributed by atoms with Crippen LogP contribution in [0, 0.1) is 17.6 Å². The molecule has 0 radical (unpaired) electrons. The number of likely N-dealkylation sites (tertiary alicyclic amines) is 1. The molecule has 1 heterocycles. The normalized spacial score (nSPS) is 19.4. The van der Waals surface area contributed by atoms with E-state index in [-0.39, 0.29) is 11.5 Å². The molecule has 1 aromatic rings. The maximum Gasteiger partial charge on any atom is 0.246 e. The summed E-state index contributed by atoms with van der Waals surface area (Å²) in [4.78, 5) is 14.1. The van der Waals surface area contributed by atoms with Crippen LogP contribution in [0.5, 0.6) is 0 Å². The molecule has 0 aromatic heterocycles. The molecule has 2 rings (SSSR count). The fourth-order valence-corrected chi connectivity index (χ4v) is 2.88. The lowest BCUT2D eigenvalue weighted by Gasteiger charge is -2.32. The molecule has 120 valence electrons. The lowest BCUT2D eigenvalue weighted by molar-refractivity contribution is -0.127. The Hall–Kier alpha value is -1.75. The Morgan fingerprint density at radius 1 is 1.45 bits per heavy atom. The summed E-state index contributed by atoms with van der Waals surface area (Å²) in [6.07, 6.45) is 3.54. The Morgan fingerprint density at radius 3 is 2.91 bits per heavy atom. The number of amides is 1. The first kappa shape index (κ1) is 16.6. The highest BCUT2D eigenvalue weighted by molar-refractivity contribution is 5.95. The maximum absolute atomic E-state index is 13.7. The molecule has 1 aliphatic rings. The summed E-state index contributed by atoms with van der Waals surface area (Å²) in [7, 11) is 1.90. The van der Waals surface area contributed by atoms with Crippen molar-refractivity contribution in [2.24, 2.45) is 5.92 Å². The summed E-state index contributed by atoms with van der Waals surface area (Å²) in [5, 5.41) is 3.14. The molecule has 0 aliphatic carbocycles. The maximum atomic E-state index is 13.7. The molecule has 0 bridgehead atoms. The topological polar surface area (TPSA) is 32.3 Å². The van der Waals surface area contributed by atoms with Gasteiger partial charge in [-0.2, -0.15) is 0 Å². The van der Waals surface area contributed by atoms with Crippen molar-refractivity contribution in [3.05, 3.63) is 41.5 Å². The molecule has 1 fully saturated rings. The van der Waals surface area contributed by atoms with Crippen molar-refractivity contribution in [1.29, 1.82) is 0 Å². The summed E-state index contributed by atoms with van der Waals surface area (Å²) in [5.41, 5.74) is 0.775. The van der Waals surface area contributed by atoms with Crippen molar-refractivity contribution in [3.63, 3.8) is 0 Å². The molecule has 1 saturated heterocycles. The minimum absolute atomic E-state index is 0.109. The van der Waals surface area contributed by atoms with Gasteiger partial charge in [-0.3, -0.25) is 4.79 Å². The zero-order valence-electron chi connectivity index (χ0n) is 13.0. The van der Waals surface area contributed by atoms with Crippen LogP contribution in [-0.2, 0) is 4.79 Å². The molecular formula is C17H22F2N2O. The van der Waals surface area contributed by atoms with E-state index in [1.807, 2.05) is 7.05 Å². The molecule has 0 saturated carbocycles. The third kappa shape index (κ3) is 4.13. The third-order valence-electron chi connectivity index (χ3n) is 4.02. The van der Waals surface area contributed by atoms with Crippen LogP contribution in [-0.4, -0.2) is 37.5 Å². The lowest BCUT2D eigenvalue weighted by atomic mass is 9.97. The number of carbonyl (C=O) groups excluding carboxylic acids is 1. The van der Waals surface area contributed by atoms with E-state index >= 15 is 0 Å². The van der Waals surface area contributed by atoms with Crippen molar-refractivity contribution in [2.45, 2.75) is 19.8 Å². The molecule has 1 amide bonds. The second kappa shape index (κ2) is 7.49. The van der Waals surface area contributed by atoms with Crippen LogP contribution in [0.15, 0.2) is 24.3 Å². The first-order valence-corrected chi connectivity index (χ1v) is 7.58. The van der Waals surface area contributed by atoms with Gasteiger partial charge in [0.15, 0.2) is 0 Å². The first-order valence-electron chi connectivity index (χ1n) is 7.58. The number of carbonyl (C=O) groups is 1. The lowest BCUT2D eigenvalue weighted by Crippen LogP contribution is -2.41. The Labute approximate surface area is 130 Å². The molecule has 5 heteroatoms. The predicted molar refractivity (Wildman–Crippen MR) is 83.2 cm³/mol. The highest BCUT2D eigenvalue weighted by atomic mass is 19.1. The molecule has 1 aliphatic heterocycles. The van der Waals surface area contributed by atoms with Gasteiger partial charge in [0, 0.05) is 30.8 Å². The number of nitrogens with one attached hydrogen (secondary N) is 1. The predicted octanol–water partition coefficient (Wildman–Crippen LogP) is 2.83. The van der Waals surface area contributed by atoms with Crippen molar-refractivity contribution in [2.75, 3.05) is 26.7 Å². The number of allylic oxidation sites excluding steroid dienone is 1. The zero-order valence-corrected chi connectivity index (χ0v) is 13.0. The van der Waals surface area contributed by atoms with E-state index in [4.69, 9.17) is 0 Å². The SMILES string of the molecule is CNCC1CCCN(C(=O)/C=C(\C)c2ccc(F)cc2F)C1. The van der Waals surface area contributed by atoms with Crippen LogP contribution < -0.4 is 5.32 Å². The van der Waals surface area contributed by atoms with Crippen LogP contribution in [0.3, 0.4) is 0 Å². The van der Waals surface area contributed by atoms with Crippen molar-refractivity contribution in [1.82, 2.24) is 10.2 Å². The number of benzene rings is 1. The molecule has 0 spiro atoms. The van der Waals surface area contributed by atoms with Gasteiger partial charge in [-0.05, 0) is 57.0 Å². The zero-order chi connectivity index (χ0) is 16.1. The molecule has 1 N–H and O–H groups in total. The van der Waals surface area contributed by atoms with Crippen molar-refractivity contribution >= 4 is 11.5 Å².